The van der Waals surface area contributed by atoms with Gasteiger partial charge < -0.3 is 4.74 Å². The van der Waals surface area contributed by atoms with Gasteiger partial charge in [-0.15, -0.1) is 0 Å². The molecule has 0 amide bonds. The van der Waals surface area contributed by atoms with E-state index in [1.165, 1.54) is 32.1 Å². The molecule has 0 aliphatic heterocycles. The van der Waals surface area contributed by atoms with Gasteiger partial charge in [-0.25, -0.2) is 0 Å². The lowest BCUT2D eigenvalue weighted by atomic mass is 9.65. The lowest BCUT2D eigenvalue weighted by Gasteiger charge is -2.44. The summed E-state index contributed by atoms with van der Waals surface area (Å²) in [5, 5.41) is 0. The Morgan fingerprint density at radius 2 is 1.52 bits per heavy atom. The van der Waals surface area contributed by atoms with Crippen LogP contribution in [0, 0.1) is 16.7 Å². The predicted octanol–water partition coefficient (Wildman–Crippen LogP) is 5.74. The lowest BCUT2D eigenvalue weighted by molar-refractivity contribution is -0.182. The molecule has 2 heteroatoms. The van der Waals surface area contributed by atoms with Crippen LogP contribution >= 0.6 is 0 Å². The number of esters is 1. The second-order valence-electron chi connectivity index (χ2n) is 8.66. The SMILES string of the molecule is CCCC(C)(C(=O)OC(C)(C)C1CCCCC1)C(C)(C)C. The van der Waals surface area contributed by atoms with E-state index in [-0.39, 0.29) is 17.0 Å². The van der Waals surface area contributed by atoms with Gasteiger partial charge in [0.05, 0.1) is 5.41 Å². The van der Waals surface area contributed by atoms with Gasteiger partial charge >= 0.3 is 5.97 Å². The van der Waals surface area contributed by atoms with E-state index >= 15 is 0 Å². The molecular formula is C19H36O2. The number of carbonyl (C=O) groups excluding carboxylic acids is 1. The Balaban J connectivity index is 2.85. The molecule has 1 saturated carbocycles. The summed E-state index contributed by atoms with van der Waals surface area (Å²) < 4.78 is 6.08. The van der Waals surface area contributed by atoms with Crippen LogP contribution in [0.5, 0.6) is 0 Å². The Bertz CT molecular complexity index is 345. The molecule has 1 aliphatic carbocycles. The highest BCUT2D eigenvalue weighted by molar-refractivity contribution is 5.77. The summed E-state index contributed by atoms with van der Waals surface area (Å²) in [6, 6.07) is 0. The number of ether oxygens (including phenoxy) is 1. The molecule has 124 valence electrons. The second-order valence-corrected chi connectivity index (χ2v) is 8.66. The van der Waals surface area contributed by atoms with E-state index in [1.54, 1.807) is 0 Å². The molecule has 0 radical (unpaired) electrons. The molecule has 1 atom stereocenters. The van der Waals surface area contributed by atoms with Crippen molar-refractivity contribution in [2.75, 3.05) is 0 Å². The van der Waals surface area contributed by atoms with Crippen LogP contribution in [-0.4, -0.2) is 11.6 Å². The molecule has 0 bridgehead atoms. The number of rotatable bonds is 5. The fourth-order valence-electron chi connectivity index (χ4n) is 3.52. The average Bonchev–Trinajstić information content (AvgIpc) is 2.38. The zero-order valence-corrected chi connectivity index (χ0v) is 15.3. The lowest BCUT2D eigenvalue weighted by Crippen LogP contribution is -2.47. The summed E-state index contributed by atoms with van der Waals surface area (Å²) in [5.41, 5.74) is -0.825. The minimum Gasteiger partial charge on any atom is -0.459 e. The molecule has 1 fully saturated rings. The van der Waals surface area contributed by atoms with E-state index in [2.05, 4.69) is 48.5 Å². The van der Waals surface area contributed by atoms with Crippen LogP contribution in [0.4, 0.5) is 0 Å². The minimum atomic E-state index is -0.409. The smallest absolute Gasteiger partial charge is 0.312 e. The highest BCUT2D eigenvalue weighted by Crippen LogP contribution is 2.45. The first-order valence-electron chi connectivity index (χ1n) is 8.78. The molecule has 2 nitrogen and oxygen atoms in total. The maximum atomic E-state index is 12.9. The summed E-state index contributed by atoms with van der Waals surface area (Å²) in [6.07, 6.45) is 8.16. The van der Waals surface area contributed by atoms with Crippen LogP contribution in [0.25, 0.3) is 0 Å². The van der Waals surface area contributed by atoms with Crippen LogP contribution < -0.4 is 0 Å². The van der Waals surface area contributed by atoms with E-state index in [1.807, 2.05) is 0 Å². The maximum Gasteiger partial charge on any atom is 0.312 e. The molecule has 21 heavy (non-hydrogen) atoms. The van der Waals surface area contributed by atoms with Crippen LogP contribution in [0.15, 0.2) is 0 Å². The minimum absolute atomic E-state index is 0.00702. The van der Waals surface area contributed by atoms with Crippen molar-refractivity contribution in [2.45, 2.75) is 99.0 Å². The van der Waals surface area contributed by atoms with Crippen molar-refractivity contribution < 1.29 is 9.53 Å². The van der Waals surface area contributed by atoms with Crippen molar-refractivity contribution in [3.8, 4) is 0 Å². The van der Waals surface area contributed by atoms with Crippen molar-refractivity contribution >= 4 is 5.97 Å². The first-order valence-corrected chi connectivity index (χ1v) is 8.78. The highest BCUT2D eigenvalue weighted by Gasteiger charge is 2.47. The largest absolute Gasteiger partial charge is 0.459 e. The molecule has 0 aromatic heterocycles. The molecule has 0 saturated heterocycles. The molecule has 1 aliphatic rings. The Morgan fingerprint density at radius 3 is 1.95 bits per heavy atom. The van der Waals surface area contributed by atoms with Crippen molar-refractivity contribution in [3.63, 3.8) is 0 Å². The number of hydrogen-bond donors (Lipinski definition) is 0. The van der Waals surface area contributed by atoms with Gasteiger partial charge in [-0.05, 0) is 51.4 Å². The van der Waals surface area contributed by atoms with Gasteiger partial charge in [-0.2, -0.15) is 0 Å². The fourth-order valence-corrected chi connectivity index (χ4v) is 3.52. The van der Waals surface area contributed by atoms with E-state index < -0.39 is 5.41 Å². The van der Waals surface area contributed by atoms with E-state index in [0.29, 0.717) is 5.92 Å². The predicted molar refractivity (Wildman–Crippen MR) is 89.2 cm³/mol. The molecular weight excluding hydrogens is 260 g/mol. The van der Waals surface area contributed by atoms with E-state index in [0.717, 1.165) is 12.8 Å². The third kappa shape index (κ3) is 4.23. The van der Waals surface area contributed by atoms with Gasteiger partial charge in [0.15, 0.2) is 0 Å². The summed E-state index contributed by atoms with van der Waals surface area (Å²) in [5.74, 6) is 0.508. The molecule has 1 unspecified atom stereocenters. The zero-order chi connectivity index (χ0) is 16.3. The molecule has 0 spiro atoms. The third-order valence-corrected chi connectivity index (χ3v) is 5.80. The Labute approximate surface area is 132 Å². The third-order valence-electron chi connectivity index (χ3n) is 5.80. The van der Waals surface area contributed by atoms with Gasteiger partial charge in [-0.1, -0.05) is 53.4 Å². The van der Waals surface area contributed by atoms with Crippen LogP contribution in [0.2, 0.25) is 0 Å². The monoisotopic (exact) mass is 296 g/mol. The van der Waals surface area contributed by atoms with Gasteiger partial charge in [0.1, 0.15) is 5.60 Å². The van der Waals surface area contributed by atoms with Crippen molar-refractivity contribution in [1.29, 1.82) is 0 Å². The Morgan fingerprint density at radius 1 is 1.00 bits per heavy atom. The average molecular weight is 296 g/mol. The van der Waals surface area contributed by atoms with Crippen molar-refractivity contribution in [1.82, 2.24) is 0 Å². The van der Waals surface area contributed by atoms with E-state index in [4.69, 9.17) is 4.74 Å². The van der Waals surface area contributed by atoms with Gasteiger partial charge in [-0.3, -0.25) is 4.79 Å². The summed E-state index contributed by atoms with van der Waals surface area (Å²) >= 11 is 0. The molecule has 0 aromatic carbocycles. The second kappa shape index (κ2) is 6.71. The standard InChI is InChI=1S/C19H36O2/c1-8-14-19(7,17(2,3)4)16(20)21-18(5,6)15-12-10-9-11-13-15/h15H,8-14H2,1-7H3. The fraction of sp³-hybridized carbons (Fsp3) is 0.947. The topological polar surface area (TPSA) is 26.3 Å². The van der Waals surface area contributed by atoms with Gasteiger partial charge in [0.2, 0.25) is 0 Å². The summed E-state index contributed by atoms with van der Waals surface area (Å²) in [7, 11) is 0. The maximum absolute atomic E-state index is 12.9. The number of hydrogen-bond acceptors (Lipinski definition) is 2. The first kappa shape index (κ1) is 18.5. The van der Waals surface area contributed by atoms with Gasteiger partial charge in [0, 0.05) is 0 Å². The molecule has 1 rings (SSSR count). The normalized spacial score (nSPS) is 20.9. The van der Waals surface area contributed by atoms with Crippen molar-refractivity contribution in [2.24, 2.45) is 16.7 Å². The zero-order valence-electron chi connectivity index (χ0n) is 15.3. The highest BCUT2D eigenvalue weighted by atomic mass is 16.6. The van der Waals surface area contributed by atoms with Crippen molar-refractivity contribution in [3.05, 3.63) is 0 Å². The molecule has 0 aromatic rings. The van der Waals surface area contributed by atoms with Crippen LogP contribution in [0.3, 0.4) is 0 Å². The van der Waals surface area contributed by atoms with Crippen LogP contribution in [0.1, 0.15) is 93.4 Å². The van der Waals surface area contributed by atoms with E-state index in [9.17, 15) is 4.79 Å². The molecule has 0 N–H and O–H groups in total. The quantitative estimate of drug-likeness (QED) is 0.605. The van der Waals surface area contributed by atoms with Gasteiger partial charge in [0.25, 0.3) is 0 Å². The Kier molecular flexibility index (Phi) is 5.91. The Hall–Kier alpha value is -0.530. The number of carbonyl (C=O) groups is 1. The summed E-state index contributed by atoms with van der Waals surface area (Å²) in [6.45, 7) is 14.9. The summed E-state index contributed by atoms with van der Waals surface area (Å²) in [4.78, 5) is 12.9. The molecule has 0 heterocycles. The first-order chi connectivity index (χ1) is 9.54. The van der Waals surface area contributed by atoms with Crippen LogP contribution in [-0.2, 0) is 9.53 Å².